The van der Waals surface area contributed by atoms with E-state index in [1.54, 1.807) is 7.11 Å². The standard InChI is InChI=1S/C22H36ClN5O3/c1-27(22(7-8-22)12-31-2)21(30)19-14-11-28(9-6-17(14)25-26-19)20(29)18-10-13-15(23)4-3-5-16(13)24-18/h13-19,24-26H,3-12H2,1-2H3. The number of alkyl halides is 1. The Balaban J connectivity index is 1.23. The fourth-order valence-corrected chi connectivity index (χ4v) is 6.84. The lowest BCUT2D eigenvalue weighted by atomic mass is 9.84. The van der Waals surface area contributed by atoms with Gasteiger partial charge in [-0.3, -0.25) is 15.0 Å². The minimum absolute atomic E-state index is 0.0791. The summed E-state index contributed by atoms with van der Waals surface area (Å²) in [6, 6.07) is 0.138. The number of methoxy groups -OCH3 is 1. The number of ether oxygens (including phenoxy) is 1. The Kier molecular flexibility index (Phi) is 5.97. The number of piperidine rings is 1. The van der Waals surface area contributed by atoms with Crippen molar-refractivity contribution in [3.8, 4) is 0 Å². The van der Waals surface area contributed by atoms with Gasteiger partial charge in [-0.2, -0.15) is 0 Å². The van der Waals surface area contributed by atoms with E-state index in [1.165, 1.54) is 0 Å². The van der Waals surface area contributed by atoms with Gasteiger partial charge in [0.2, 0.25) is 11.8 Å². The van der Waals surface area contributed by atoms with Crippen LogP contribution in [0.1, 0.15) is 44.9 Å². The summed E-state index contributed by atoms with van der Waals surface area (Å²) in [4.78, 5) is 30.6. The molecule has 0 bridgehead atoms. The zero-order valence-electron chi connectivity index (χ0n) is 18.6. The highest BCUT2D eigenvalue weighted by Crippen LogP contribution is 2.42. The molecule has 174 valence electrons. The summed E-state index contributed by atoms with van der Waals surface area (Å²) in [7, 11) is 3.58. The van der Waals surface area contributed by atoms with E-state index in [2.05, 4.69) is 16.2 Å². The maximum Gasteiger partial charge on any atom is 0.241 e. The highest BCUT2D eigenvalue weighted by Gasteiger charge is 2.53. The number of likely N-dealkylation sites (tertiary alicyclic amines) is 1. The van der Waals surface area contributed by atoms with Crippen LogP contribution in [0.3, 0.4) is 0 Å². The zero-order valence-corrected chi connectivity index (χ0v) is 19.4. The molecule has 5 fully saturated rings. The van der Waals surface area contributed by atoms with E-state index >= 15 is 0 Å². The van der Waals surface area contributed by atoms with E-state index in [0.29, 0.717) is 25.1 Å². The van der Waals surface area contributed by atoms with Gasteiger partial charge in [0.25, 0.3) is 0 Å². The summed E-state index contributed by atoms with van der Waals surface area (Å²) in [5, 5.41) is 3.76. The maximum absolute atomic E-state index is 13.4. The molecule has 3 N–H and O–H groups in total. The van der Waals surface area contributed by atoms with E-state index in [1.807, 2.05) is 16.8 Å². The van der Waals surface area contributed by atoms with Gasteiger partial charge in [-0.05, 0) is 44.4 Å². The van der Waals surface area contributed by atoms with Crippen molar-refractivity contribution in [1.82, 2.24) is 26.0 Å². The lowest BCUT2D eigenvalue weighted by Crippen LogP contribution is -2.56. The van der Waals surface area contributed by atoms with Crippen molar-refractivity contribution in [2.45, 2.75) is 80.0 Å². The number of hydrazine groups is 1. The Morgan fingerprint density at radius 2 is 1.97 bits per heavy atom. The molecular formula is C22H36ClN5O3. The molecule has 2 aliphatic carbocycles. The van der Waals surface area contributed by atoms with Crippen molar-refractivity contribution in [3.63, 3.8) is 0 Å². The molecule has 5 aliphatic rings. The number of rotatable bonds is 5. The fourth-order valence-electron chi connectivity index (χ4n) is 6.40. The molecule has 0 spiro atoms. The van der Waals surface area contributed by atoms with E-state index < -0.39 is 0 Å². The Labute approximate surface area is 189 Å². The normalized spacial score (nSPS) is 40.9. The van der Waals surface area contributed by atoms with E-state index in [9.17, 15) is 9.59 Å². The molecule has 9 heteroatoms. The first kappa shape index (κ1) is 21.9. The second-order valence-electron chi connectivity index (χ2n) is 10.3. The minimum Gasteiger partial charge on any atom is -0.382 e. The number of fused-ring (bicyclic) bond motifs is 2. The van der Waals surface area contributed by atoms with Crippen LogP contribution in [0.25, 0.3) is 0 Å². The highest BCUT2D eigenvalue weighted by atomic mass is 35.5. The van der Waals surface area contributed by atoms with Crippen LogP contribution in [0.15, 0.2) is 0 Å². The lowest BCUT2D eigenvalue weighted by molar-refractivity contribution is -0.140. The average Bonchev–Trinajstić information content (AvgIpc) is 3.23. The number of carbonyl (C=O) groups is 2. The van der Waals surface area contributed by atoms with Crippen LogP contribution in [0.2, 0.25) is 0 Å². The third kappa shape index (κ3) is 3.88. The van der Waals surface area contributed by atoms with Gasteiger partial charge < -0.3 is 19.9 Å². The summed E-state index contributed by atoms with van der Waals surface area (Å²) >= 11 is 6.56. The molecular weight excluding hydrogens is 418 g/mol. The van der Waals surface area contributed by atoms with Gasteiger partial charge in [0, 0.05) is 50.6 Å². The summed E-state index contributed by atoms with van der Waals surface area (Å²) in [5.74, 6) is 0.755. The van der Waals surface area contributed by atoms with Gasteiger partial charge in [-0.15, -0.1) is 11.6 Å². The number of hydrogen-bond acceptors (Lipinski definition) is 6. The van der Waals surface area contributed by atoms with Gasteiger partial charge >= 0.3 is 0 Å². The molecule has 3 saturated heterocycles. The van der Waals surface area contributed by atoms with Crippen LogP contribution in [0.5, 0.6) is 0 Å². The second kappa shape index (κ2) is 8.45. The van der Waals surface area contributed by atoms with Crippen molar-refractivity contribution >= 4 is 23.4 Å². The average molecular weight is 454 g/mol. The monoisotopic (exact) mass is 453 g/mol. The van der Waals surface area contributed by atoms with Gasteiger partial charge in [0.15, 0.2) is 0 Å². The molecule has 0 aromatic carbocycles. The first-order valence-corrected chi connectivity index (χ1v) is 12.3. The molecule has 0 aromatic rings. The topological polar surface area (TPSA) is 85.9 Å². The largest absolute Gasteiger partial charge is 0.382 e. The third-order valence-corrected chi connectivity index (χ3v) is 9.11. The molecule has 0 aromatic heterocycles. The molecule has 2 amide bonds. The van der Waals surface area contributed by atoms with Crippen molar-refractivity contribution in [3.05, 3.63) is 0 Å². The molecule has 31 heavy (non-hydrogen) atoms. The SMILES string of the molecule is COCC1(N(C)C(=O)C2NNC3CCN(C(=O)C4CC5C(Cl)CCCC5N4)CC32)CC1. The number of carbonyl (C=O) groups excluding carboxylic acids is 2. The predicted molar refractivity (Wildman–Crippen MR) is 117 cm³/mol. The summed E-state index contributed by atoms with van der Waals surface area (Å²) in [6.07, 6.45) is 6.97. The van der Waals surface area contributed by atoms with Crippen LogP contribution in [-0.4, -0.2) is 90.6 Å². The maximum atomic E-state index is 13.4. The van der Waals surface area contributed by atoms with E-state index in [-0.39, 0.29) is 46.8 Å². The van der Waals surface area contributed by atoms with Crippen molar-refractivity contribution in [2.75, 3.05) is 33.9 Å². The first-order chi connectivity index (χ1) is 14.9. The molecule has 7 atom stereocenters. The van der Waals surface area contributed by atoms with Gasteiger partial charge in [-0.25, -0.2) is 5.43 Å². The second-order valence-corrected chi connectivity index (χ2v) is 10.9. The van der Waals surface area contributed by atoms with Crippen LogP contribution in [0, 0.1) is 11.8 Å². The molecule has 7 unspecified atom stereocenters. The van der Waals surface area contributed by atoms with Crippen LogP contribution < -0.4 is 16.2 Å². The Bertz CT molecular complexity index is 719. The highest BCUT2D eigenvalue weighted by molar-refractivity contribution is 6.20. The minimum atomic E-state index is -0.314. The Morgan fingerprint density at radius 3 is 2.68 bits per heavy atom. The number of nitrogens with one attached hydrogen (secondary N) is 3. The van der Waals surface area contributed by atoms with Crippen molar-refractivity contribution < 1.29 is 14.3 Å². The molecule has 0 radical (unpaired) electrons. The summed E-state index contributed by atoms with van der Waals surface area (Å²) < 4.78 is 5.36. The Morgan fingerprint density at radius 1 is 1.16 bits per heavy atom. The summed E-state index contributed by atoms with van der Waals surface area (Å²) in [6.45, 7) is 1.92. The first-order valence-electron chi connectivity index (χ1n) is 11.9. The molecule has 3 aliphatic heterocycles. The molecule has 3 heterocycles. The smallest absolute Gasteiger partial charge is 0.241 e. The number of halogens is 1. The van der Waals surface area contributed by atoms with E-state index in [4.69, 9.17) is 16.3 Å². The molecule has 2 saturated carbocycles. The van der Waals surface area contributed by atoms with E-state index in [0.717, 1.165) is 51.5 Å². The van der Waals surface area contributed by atoms with Gasteiger partial charge in [-0.1, -0.05) is 6.42 Å². The summed E-state index contributed by atoms with van der Waals surface area (Å²) in [5.41, 5.74) is 6.41. The predicted octanol–water partition coefficient (Wildman–Crippen LogP) is 0.455. The van der Waals surface area contributed by atoms with Crippen LogP contribution in [0.4, 0.5) is 0 Å². The van der Waals surface area contributed by atoms with Gasteiger partial charge in [0.1, 0.15) is 6.04 Å². The van der Waals surface area contributed by atoms with Crippen LogP contribution in [-0.2, 0) is 14.3 Å². The number of hydrogen-bond donors (Lipinski definition) is 3. The molecule has 5 rings (SSSR count). The van der Waals surface area contributed by atoms with Crippen molar-refractivity contribution in [1.29, 1.82) is 0 Å². The Hall–Kier alpha value is -0.930. The van der Waals surface area contributed by atoms with Crippen molar-refractivity contribution in [2.24, 2.45) is 11.8 Å². The zero-order chi connectivity index (χ0) is 21.8. The molecule has 8 nitrogen and oxygen atoms in total. The van der Waals surface area contributed by atoms with Crippen LogP contribution >= 0.6 is 11.6 Å². The quantitative estimate of drug-likeness (QED) is 0.524. The fraction of sp³-hybridized carbons (Fsp3) is 0.909. The van der Waals surface area contributed by atoms with Gasteiger partial charge in [0.05, 0.1) is 18.2 Å². The number of likely N-dealkylation sites (N-methyl/N-ethyl adjacent to an activating group) is 1. The number of amides is 2. The number of nitrogens with zero attached hydrogens (tertiary/aromatic N) is 2. The lowest BCUT2D eigenvalue weighted by Gasteiger charge is -2.38. The third-order valence-electron chi connectivity index (χ3n) is 8.57.